The van der Waals surface area contributed by atoms with Gasteiger partial charge in [-0.15, -0.1) is 0 Å². The maximum Gasteiger partial charge on any atom is 0.410 e. The molecule has 0 spiro atoms. The van der Waals surface area contributed by atoms with E-state index in [0.29, 0.717) is 25.1 Å². The number of rotatable bonds is 3. The Morgan fingerprint density at radius 3 is 2.76 bits per heavy atom. The normalized spacial score (nSPS) is 28.7. The van der Waals surface area contributed by atoms with E-state index < -0.39 is 0 Å². The van der Waals surface area contributed by atoms with Crippen molar-refractivity contribution in [2.45, 2.75) is 25.1 Å². The molecule has 1 aromatic carbocycles. The maximum atomic E-state index is 12.1. The Morgan fingerprint density at radius 1 is 1.33 bits per heavy atom. The number of benzene rings is 1. The van der Waals surface area contributed by atoms with Gasteiger partial charge in [0, 0.05) is 25.2 Å². The smallest absolute Gasteiger partial charge is 0.410 e. The number of likely N-dealkylation sites (N-methyl/N-ethyl adjacent to an activating group) is 1. The minimum atomic E-state index is -0.234. The molecule has 3 atom stereocenters. The number of amides is 1. The predicted molar refractivity (Wildman–Crippen MR) is 78.7 cm³/mol. The first-order chi connectivity index (χ1) is 10.2. The number of aliphatic hydroxyl groups excluding tert-OH is 1. The summed E-state index contributed by atoms with van der Waals surface area (Å²) in [5.74, 6) is 0.455. The zero-order valence-electron chi connectivity index (χ0n) is 12.3. The van der Waals surface area contributed by atoms with Crippen LogP contribution < -0.4 is 0 Å². The van der Waals surface area contributed by atoms with Crippen molar-refractivity contribution < 1.29 is 14.6 Å². The third-order valence-electron chi connectivity index (χ3n) is 4.75. The van der Waals surface area contributed by atoms with Gasteiger partial charge in [0.15, 0.2) is 0 Å². The predicted octanol–water partition coefficient (Wildman–Crippen LogP) is 1.32. The van der Waals surface area contributed by atoms with Gasteiger partial charge in [-0.3, -0.25) is 4.90 Å². The fourth-order valence-electron chi connectivity index (χ4n) is 3.50. The summed E-state index contributed by atoms with van der Waals surface area (Å²) in [6.45, 7) is 1.95. The summed E-state index contributed by atoms with van der Waals surface area (Å²) in [5.41, 5.74) is 1.00. The third kappa shape index (κ3) is 2.89. The average Bonchev–Trinajstić information content (AvgIpc) is 3.05. The molecule has 5 nitrogen and oxygen atoms in total. The van der Waals surface area contributed by atoms with E-state index in [0.717, 1.165) is 18.5 Å². The van der Waals surface area contributed by atoms with Crippen LogP contribution in [0, 0.1) is 5.92 Å². The molecule has 5 heteroatoms. The van der Waals surface area contributed by atoms with Crippen molar-refractivity contribution in [1.82, 2.24) is 9.80 Å². The van der Waals surface area contributed by atoms with Gasteiger partial charge in [0.05, 0.1) is 6.61 Å². The first-order valence-electron chi connectivity index (χ1n) is 7.47. The van der Waals surface area contributed by atoms with Gasteiger partial charge in [-0.25, -0.2) is 4.79 Å². The summed E-state index contributed by atoms with van der Waals surface area (Å²) in [4.78, 5) is 16.1. The minimum absolute atomic E-state index is 0.196. The molecule has 2 fully saturated rings. The van der Waals surface area contributed by atoms with Gasteiger partial charge in [0.1, 0.15) is 6.61 Å². The Bertz CT molecular complexity index is 494. The van der Waals surface area contributed by atoms with Crippen molar-refractivity contribution in [1.29, 1.82) is 0 Å². The molecule has 0 radical (unpaired) electrons. The molecule has 1 N–H and O–H groups in total. The van der Waals surface area contributed by atoms with Crippen molar-refractivity contribution in [2.75, 3.05) is 26.7 Å². The van der Waals surface area contributed by atoms with Crippen LogP contribution in [0.25, 0.3) is 0 Å². The monoisotopic (exact) mass is 290 g/mol. The number of ether oxygens (including phenoxy) is 1. The number of carbonyl (C=O) groups excluding carboxylic acids is 1. The topological polar surface area (TPSA) is 53.0 Å². The van der Waals surface area contributed by atoms with Crippen LogP contribution in [0.3, 0.4) is 0 Å². The summed E-state index contributed by atoms with van der Waals surface area (Å²) in [7, 11) is 2.03. The molecule has 2 heterocycles. The molecule has 2 saturated heterocycles. The van der Waals surface area contributed by atoms with Gasteiger partial charge in [-0.05, 0) is 24.9 Å². The van der Waals surface area contributed by atoms with Crippen LogP contribution in [0.15, 0.2) is 30.3 Å². The highest BCUT2D eigenvalue weighted by Crippen LogP contribution is 2.34. The molecule has 0 aliphatic carbocycles. The van der Waals surface area contributed by atoms with E-state index in [4.69, 9.17) is 4.74 Å². The maximum absolute atomic E-state index is 12.1. The van der Waals surface area contributed by atoms with Gasteiger partial charge in [0.2, 0.25) is 0 Å². The number of likely N-dealkylation sites (tertiary alicyclic amines) is 2. The summed E-state index contributed by atoms with van der Waals surface area (Å²) < 4.78 is 5.38. The number of hydrogen-bond donors (Lipinski definition) is 1. The number of nitrogens with zero attached hydrogens (tertiary/aromatic N) is 2. The lowest BCUT2D eigenvalue weighted by molar-refractivity contribution is 0.0945. The Labute approximate surface area is 125 Å². The van der Waals surface area contributed by atoms with Crippen LogP contribution in [-0.4, -0.2) is 59.8 Å². The fourth-order valence-corrected chi connectivity index (χ4v) is 3.50. The molecule has 1 aromatic rings. The van der Waals surface area contributed by atoms with Gasteiger partial charge >= 0.3 is 6.09 Å². The summed E-state index contributed by atoms with van der Waals surface area (Å²) in [5, 5.41) is 9.33. The lowest BCUT2D eigenvalue weighted by Gasteiger charge is -2.25. The van der Waals surface area contributed by atoms with Gasteiger partial charge in [-0.1, -0.05) is 30.3 Å². The summed E-state index contributed by atoms with van der Waals surface area (Å²) in [6, 6.07) is 10.3. The second-order valence-electron chi connectivity index (χ2n) is 6.01. The average molecular weight is 290 g/mol. The van der Waals surface area contributed by atoms with E-state index in [-0.39, 0.29) is 18.7 Å². The Hall–Kier alpha value is -1.59. The number of aliphatic hydroxyl groups is 1. The molecule has 0 unspecified atom stereocenters. The lowest BCUT2D eigenvalue weighted by atomic mass is 10.0. The van der Waals surface area contributed by atoms with Crippen molar-refractivity contribution in [3.05, 3.63) is 35.9 Å². The number of fused-ring (bicyclic) bond motifs is 1. The largest absolute Gasteiger partial charge is 0.445 e. The molecule has 21 heavy (non-hydrogen) atoms. The van der Waals surface area contributed by atoms with Crippen LogP contribution >= 0.6 is 0 Å². The lowest BCUT2D eigenvalue weighted by Crippen LogP contribution is -2.40. The summed E-state index contributed by atoms with van der Waals surface area (Å²) in [6.07, 6.45) is 0.724. The van der Waals surface area contributed by atoms with Crippen LogP contribution in [0.5, 0.6) is 0 Å². The van der Waals surface area contributed by atoms with Crippen molar-refractivity contribution in [3.8, 4) is 0 Å². The zero-order valence-corrected chi connectivity index (χ0v) is 12.3. The Morgan fingerprint density at radius 2 is 2.10 bits per heavy atom. The zero-order chi connectivity index (χ0) is 14.8. The molecule has 0 aromatic heterocycles. The van der Waals surface area contributed by atoms with E-state index in [2.05, 4.69) is 4.90 Å². The van der Waals surface area contributed by atoms with Gasteiger partial charge in [0.25, 0.3) is 0 Å². The summed E-state index contributed by atoms with van der Waals surface area (Å²) >= 11 is 0. The quantitative estimate of drug-likeness (QED) is 0.912. The number of carbonyl (C=O) groups is 1. The van der Waals surface area contributed by atoms with Crippen LogP contribution in [0.4, 0.5) is 4.79 Å². The van der Waals surface area contributed by atoms with Crippen LogP contribution in [0.2, 0.25) is 0 Å². The highest BCUT2D eigenvalue weighted by atomic mass is 16.6. The fraction of sp³-hybridized carbons (Fsp3) is 0.562. The van der Waals surface area contributed by atoms with E-state index in [1.165, 1.54) is 0 Å². The molecule has 1 amide bonds. The van der Waals surface area contributed by atoms with E-state index in [1.807, 2.05) is 37.4 Å². The molecule has 2 aliphatic heterocycles. The van der Waals surface area contributed by atoms with Crippen LogP contribution in [0.1, 0.15) is 12.0 Å². The second kappa shape index (κ2) is 6.03. The molecule has 2 aliphatic rings. The van der Waals surface area contributed by atoms with Crippen molar-refractivity contribution in [2.24, 2.45) is 5.92 Å². The highest BCUT2D eigenvalue weighted by Gasteiger charge is 2.45. The SMILES string of the molecule is CN1[C@@H](CO)C[C@@H]2CN(C(=O)OCc3ccccc3)C[C@@H]21. The highest BCUT2D eigenvalue weighted by molar-refractivity contribution is 5.68. The van der Waals surface area contributed by atoms with Gasteiger partial charge in [-0.2, -0.15) is 0 Å². The van der Waals surface area contributed by atoms with Crippen LogP contribution in [-0.2, 0) is 11.3 Å². The minimum Gasteiger partial charge on any atom is -0.445 e. The molecule has 3 rings (SSSR count). The molecule has 114 valence electrons. The van der Waals surface area contributed by atoms with Crippen molar-refractivity contribution >= 4 is 6.09 Å². The van der Waals surface area contributed by atoms with Gasteiger partial charge < -0.3 is 14.7 Å². The first kappa shape index (κ1) is 14.4. The van der Waals surface area contributed by atoms with E-state index >= 15 is 0 Å². The Balaban J connectivity index is 1.52. The van der Waals surface area contributed by atoms with E-state index in [9.17, 15) is 9.90 Å². The van der Waals surface area contributed by atoms with Crippen molar-refractivity contribution in [3.63, 3.8) is 0 Å². The standard InChI is InChI=1S/C16H22N2O3/c1-17-14(10-19)7-13-8-18(9-15(13)17)16(20)21-11-12-5-3-2-4-6-12/h2-6,13-15,19H,7-11H2,1H3/t13-,14-,15+/m1/s1. The first-order valence-corrected chi connectivity index (χ1v) is 7.47. The molecular formula is C16H22N2O3. The molecular weight excluding hydrogens is 268 g/mol. The Kier molecular flexibility index (Phi) is 4.12. The third-order valence-corrected chi connectivity index (χ3v) is 4.75. The second-order valence-corrected chi connectivity index (χ2v) is 6.01. The molecule has 0 saturated carbocycles. The van der Waals surface area contributed by atoms with E-state index in [1.54, 1.807) is 4.90 Å². The molecule has 0 bridgehead atoms. The number of hydrogen-bond acceptors (Lipinski definition) is 4.